The Morgan fingerprint density at radius 1 is 0.488 bits per heavy atom. The minimum Gasteiger partial charge on any atom is -0.455 e. The lowest BCUT2D eigenvalue weighted by Gasteiger charge is -2.18. The van der Waals surface area contributed by atoms with Crippen molar-refractivity contribution < 1.29 is 4.42 Å². The molecule has 192 valence electrons. The van der Waals surface area contributed by atoms with Crippen molar-refractivity contribution in [3.63, 3.8) is 0 Å². The smallest absolute Gasteiger partial charge is 0.143 e. The summed E-state index contributed by atoms with van der Waals surface area (Å²) < 4.78 is 6.65. The van der Waals surface area contributed by atoms with Gasteiger partial charge in [-0.15, -0.1) is 0 Å². The summed E-state index contributed by atoms with van der Waals surface area (Å²) in [5, 5.41) is 10.0. The summed E-state index contributed by atoms with van der Waals surface area (Å²) >= 11 is 0. The van der Waals surface area contributed by atoms with E-state index in [1.54, 1.807) is 0 Å². The van der Waals surface area contributed by atoms with E-state index in [0.717, 1.165) is 24.0 Å². The Morgan fingerprint density at radius 3 is 1.76 bits per heavy atom. The van der Waals surface area contributed by atoms with Crippen LogP contribution in [0.5, 0.6) is 0 Å². The van der Waals surface area contributed by atoms with Gasteiger partial charge in [0.1, 0.15) is 11.2 Å². The molecule has 0 fully saturated rings. The number of hydrogen-bond donors (Lipinski definition) is 0. The minimum atomic E-state index is 0.950. The third kappa shape index (κ3) is 3.24. The number of furan rings is 1. The van der Waals surface area contributed by atoms with Gasteiger partial charge in [0.05, 0.1) is 0 Å². The number of hydrogen-bond acceptors (Lipinski definition) is 1. The molecule has 0 spiro atoms. The van der Waals surface area contributed by atoms with Gasteiger partial charge in [-0.25, -0.2) is 0 Å². The van der Waals surface area contributed by atoms with Crippen molar-refractivity contribution >= 4 is 60.3 Å². The van der Waals surface area contributed by atoms with Crippen LogP contribution in [0.3, 0.4) is 0 Å². The average molecular weight is 523 g/mol. The van der Waals surface area contributed by atoms with Crippen LogP contribution in [0.2, 0.25) is 0 Å². The number of rotatable bonds is 2. The summed E-state index contributed by atoms with van der Waals surface area (Å²) in [6, 6.07) is 44.0. The van der Waals surface area contributed by atoms with Crippen LogP contribution in [-0.2, 0) is 6.42 Å². The molecule has 41 heavy (non-hydrogen) atoms. The van der Waals surface area contributed by atoms with E-state index >= 15 is 0 Å². The van der Waals surface area contributed by atoms with Gasteiger partial charge in [0.25, 0.3) is 0 Å². The van der Waals surface area contributed by atoms with E-state index < -0.39 is 0 Å². The fourth-order valence-corrected chi connectivity index (χ4v) is 7.19. The Labute approximate surface area is 238 Å². The predicted octanol–water partition coefficient (Wildman–Crippen LogP) is 11.3. The lowest BCUT2D eigenvalue weighted by atomic mass is 9.85. The molecule has 7 aromatic carbocycles. The highest BCUT2D eigenvalue weighted by atomic mass is 16.3. The lowest BCUT2D eigenvalue weighted by Crippen LogP contribution is -1.96. The topological polar surface area (TPSA) is 13.1 Å². The van der Waals surface area contributed by atoms with Crippen LogP contribution >= 0.6 is 0 Å². The zero-order valence-electron chi connectivity index (χ0n) is 22.5. The van der Waals surface area contributed by atoms with Gasteiger partial charge >= 0.3 is 0 Å². The van der Waals surface area contributed by atoms with Gasteiger partial charge in [-0.2, -0.15) is 0 Å². The maximum atomic E-state index is 6.65. The maximum Gasteiger partial charge on any atom is 0.143 e. The van der Waals surface area contributed by atoms with Gasteiger partial charge in [0.15, 0.2) is 0 Å². The molecule has 0 unspecified atom stereocenters. The normalized spacial score (nSPS) is 13.1. The van der Waals surface area contributed by atoms with Crippen molar-refractivity contribution in [2.45, 2.75) is 12.8 Å². The van der Waals surface area contributed by atoms with E-state index in [0.29, 0.717) is 0 Å². The highest BCUT2D eigenvalue weighted by molar-refractivity contribution is 6.23. The molecule has 1 aliphatic carbocycles. The number of fused-ring (bicyclic) bond motifs is 10. The second-order valence-electron chi connectivity index (χ2n) is 11.1. The van der Waals surface area contributed by atoms with Gasteiger partial charge in [0.2, 0.25) is 0 Å². The summed E-state index contributed by atoms with van der Waals surface area (Å²) in [6.07, 6.45) is 6.71. The van der Waals surface area contributed by atoms with Crippen LogP contribution < -0.4 is 0 Å². The van der Waals surface area contributed by atoms with Crippen LogP contribution in [0.15, 0.2) is 132 Å². The van der Waals surface area contributed by atoms with Crippen LogP contribution in [0.4, 0.5) is 0 Å². The Balaban J connectivity index is 1.41. The molecule has 0 saturated carbocycles. The zero-order valence-corrected chi connectivity index (χ0v) is 22.5. The molecule has 1 nitrogen and oxygen atoms in total. The molecule has 0 amide bonds. The number of allylic oxidation sites excluding steroid dienone is 1. The molecule has 9 rings (SSSR count). The van der Waals surface area contributed by atoms with E-state index in [-0.39, 0.29) is 0 Å². The van der Waals surface area contributed by atoms with Gasteiger partial charge in [0, 0.05) is 16.2 Å². The molecule has 1 aromatic heterocycles. The first-order valence-electron chi connectivity index (χ1n) is 14.4. The maximum absolute atomic E-state index is 6.65. The van der Waals surface area contributed by atoms with Crippen molar-refractivity contribution in [3.05, 3.63) is 139 Å². The lowest BCUT2D eigenvalue weighted by molar-refractivity contribution is 0.672. The van der Waals surface area contributed by atoms with Crippen LogP contribution in [0.25, 0.3) is 82.6 Å². The molecule has 1 heterocycles. The molecule has 1 heteroatoms. The van der Waals surface area contributed by atoms with Crippen LogP contribution in [-0.4, -0.2) is 0 Å². The van der Waals surface area contributed by atoms with E-state index in [1.807, 2.05) is 0 Å². The largest absolute Gasteiger partial charge is 0.455 e. The van der Waals surface area contributed by atoms with E-state index in [9.17, 15) is 0 Å². The first-order valence-corrected chi connectivity index (χ1v) is 14.4. The van der Waals surface area contributed by atoms with Gasteiger partial charge in [-0.1, -0.05) is 121 Å². The highest BCUT2D eigenvalue weighted by Gasteiger charge is 2.22. The van der Waals surface area contributed by atoms with Crippen molar-refractivity contribution in [2.24, 2.45) is 0 Å². The number of aryl methyl sites for hydroxylation is 1. The van der Waals surface area contributed by atoms with E-state index in [2.05, 4.69) is 133 Å². The van der Waals surface area contributed by atoms with Crippen molar-refractivity contribution in [3.8, 4) is 22.3 Å². The van der Waals surface area contributed by atoms with Gasteiger partial charge < -0.3 is 4.42 Å². The standard InChI is InChI=1S/C40H26O/c1-2-12-25(13-3-1)37-30-17-7-9-19-32(30)38(33-20-10-8-18-31(33)37)26-22-23-36-35(24-26)39-29-16-6-4-14-27(29)28-15-5-11-21-34(28)40(39)41-36/h1-5,7-15,17-24H,6,16H2. The SMILES string of the molecule is C1=Cc2c(c3c4cc(-c5c6ccccc6c(-c6ccccc6)c6ccccc56)ccc4oc3c3ccccc23)CC1. The first-order chi connectivity index (χ1) is 20.4. The Hall–Kier alpha value is -5.14. The Kier molecular flexibility index (Phi) is 4.80. The molecule has 1 aliphatic rings. The summed E-state index contributed by atoms with van der Waals surface area (Å²) in [5.41, 5.74) is 9.75. The Morgan fingerprint density at radius 2 is 1.07 bits per heavy atom. The fourth-order valence-electron chi connectivity index (χ4n) is 7.19. The fraction of sp³-hybridized carbons (Fsp3) is 0.0500. The van der Waals surface area contributed by atoms with Gasteiger partial charge in [-0.05, 0) is 85.3 Å². The van der Waals surface area contributed by atoms with Gasteiger partial charge in [-0.3, -0.25) is 0 Å². The van der Waals surface area contributed by atoms with Crippen LogP contribution in [0.1, 0.15) is 17.5 Å². The number of benzene rings is 7. The van der Waals surface area contributed by atoms with Crippen LogP contribution in [0, 0.1) is 0 Å². The third-order valence-electron chi connectivity index (χ3n) is 8.90. The zero-order chi connectivity index (χ0) is 26.9. The van der Waals surface area contributed by atoms with Crippen molar-refractivity contribution in [2.75, 3.05) is 0 Å². The second kappa shape index (κ2) is 8.68. The quantitative estimate of drug-likeness (QED) is 0.206. The summed E-state index contributed by atoms with van der Waals surface area (Å²) in [5.74, 6) is 0. The molecular formula is C40H26O. The molecule has 0 saturated heterocycles. The molecule has 0 radical (unpaired) electrons. The molecule has 0 aliphatic heterocycles. The average Bonchev–Trinajstić information content (AvgIpc) is 3.43. The predicted molar refractivity (Wildman–Crippen MR) is 174 cm³/mol. The molecule has 8 aromatic rings. The summed E-state index contributed by atoms with van der Waals surface area (Å²) in [6.45, 7) is 0. The summed E-state index contributed by atoms with van der Waals surface area (Å²) in [7, 11) is 0. The molecule has 0 atom stereocenters. The summed E-state index contributed by atoms with van der Waals surface area (Å²) in [4.78, 5) is 0. The second-order valence-corrected chi connectivity index (χ2v) is 11.1. The molecule has 0 bridgehead atoms. The highest BCUT2D eigenvalue weighted by Crippen LogP contribution is 2.46. The monoisotopic (exact) mass is 522 g/mol. The van der Waals surface area contributed by atoms with Crippen molar-refractivity contribution in [1.82, 2.24) is 0 Å². The first kappa shape index (κ1) is 22.7. The third-order valence-corrected chi connectivity index (χ3v) is 8.90. The van der Waals surface area contributed by atoms with E-state index in [1.165, 1.54) is 76.5 Å². The molecular weight excluding hydrogens is 496 g/mol. The van der Waals surface area contributed by atoms with E-state index in [4.69, 9.17) is 4.42 Å². The Bertz CT molecular complexity index is 2290. The molecule has 0 N–H and O–H groups in total. The van der Waals surface area contributed by atoms with Crippen molar-refractivity contribution in [1.29, 1.82) is 0 Å². The minimum absolute atomic E-state index is 0.950.